The first kappa shape index (κ1) is 20.9. The Balaban J connectivity index is 1.68. The lowest BCUT2D eigenvalue weighted by molar-refractivity contribution is 0.102. The average molecular weight is 440 g/mol. The molecule has 0 aromatic heterocycles. The van der Waals surface area contributed by atoms with E-state index in [0.717, 1.165) is 23.3 Å². The van der Waals surface area contributed by atoms with Gasteiger partial charge in [-0.2, -0.15) is 0 Å². The topological polar surface area (TPSA) is 75.7 Å². The van der Waals surface area contributed by atoms with E-state index in [-0.39, 0.29) is 10.5 Å². The van der Waals surface area contributed by atoms with Crippen LogP contribution in [0.5, 0.6) is 5.75 Å². The van der Waals surface area contributed by atoms with Crippen LogP contribution in [0, 0.1) is 12.7 Å². The van der Waals surface area contributed by atoms with Gasteiger partial charge in [0.1, 0.15) is 11.6 Å². The Morgan fingerprint density at radius 1 is 1.10 bits per heavy atom. The standard InChI is InChI=1S/C23H21FN2O4S/c1-15-7-10-22(30-2)20(13-15)25-23(27)18-14-17(8-9-19(18)24)31(28,29)26-12-11-16-5-3-4-6-21(16)26/h3-10,13-14H,11-12H2,1-2H3,(H,25,27). The molecule has 3 aromatic rings. The Hall–Kier alpha value is -3.39. The Morgan fingerprint density at radius 2 is 1.87 bits per heavy atom. The largest absolute Gasteiger partial charge is 0.495 e. The van der Waals surface area contributed by atoms with E-state index in [9.17, 15) is 17.6 Å². The number of methoxy groups -OCH3 is 1. The summed E-state index contributed by atoms with van der Waals surface area (Å²) in [6.07, 6.45) is 0.594. The fourth-order valence-electron chi connectivity index (χ4n) is 3.63. The van der Waals surface area contributed by atoms with Crippen LogP contribution < -0.4 is 14.4 Å². The van der Waals surface area contributed by atoms with E-state index < -0.39 is 21.7 Å². The molecule has 1 heterocycles. The van der Waals surface area contributed by atoms with Gasteiger partial charge in [-0.1, -0.05) is 24.3 Å². The molecule has 0 atom stereocenters. The molecule has 31 heavy (non-hydrogen) atoms. The zero-order chi connectivity index (χ0) is 22.2. The minimum absolute atomic E-state index is 0.146. The van der Waals surface area contributed by atoms with Gasteiger partial charge in [0, 0.05) is 6.54 Å². The second-order valence-corrected chi connectivity index (χ2v) is 9.12. The third-order valence-corrected chi connectivity index (χ3v) is 7.03. The molecule has 0 bridgehead atoms. The average Bonchev–Trinajstić information content (AvgIpc) is 3.19. The normalized spacial score (nSPS) is 13.1. The molecule has 3 aromatic carbocycles. The number of benzene rings is 3. The number of hydrogen-bond donors (Lipinski definition) is 1. The molecule has 0 unspecified atom stereocenters. The molecule has 8 heteroatoms. The lowest BCUT2D eigenvalue weighted by Gasteiger charge is -2.20. The third kappa shape index (κ3) is 3.86. The number of amides is 1. The minimum atomic E-state index is -3.96. The van der Waals surface area contributed by atoms with E-state index >= 15 is 0 Å². The number of aryl methyl sites for hydroxylation is 1. The van der Waals surface area contributed by atoms with Crippen molar-refractivity contribution in [2.24, 2.45) is 0 Å². The number of fused-ring (bicyclic) bond motifs is 1. The van der Waals surface area contributed by atoms with Crippen LogP contribution >= 0.6 is 0 Å². The lowest BCUT2D eigenvalue weighted by Crippen LogP contribution is -2.29. The molecule has 1 amide bonds. The third-order valence-electron chi connectivity index (χ3n) is 5.22. The van der Waals surface area contributed by atoms with Crippen molar-refractivity contribution in [1.82, 2.24) is 0 Å². The minimum Gasteiger partial charge on any atom is -0.495 e. The molecule has 0 fully saturated rings. The smallest absolute Gasteiger partial charge is 0.264 e. The molecule has 0 saturated carbocycles. The van der Waals surface area contributed by atoms with E-state index in [1.807, 2.05) is 25.1 Å². The van der Waals surface area contributed by atoms with Gasteiger partial charge in [-0.15, -0.1) is 0 Å². The number of rotatable bonds is 5. The zero-order valence-corrected chi connectivity index (χ0v) is 17.9. The predicted octanol–water partition coefficient (Wildman–Crippen LogP) is 4.15. The summed E-state index contributed by atoms with van der Waals surface area (Å²) >= 11 is 0. The van der Waals surface area contributed by atoms with Crippen molar-refractivity contribution in [1.29, 1.82) is 0 Å². The maximum absolute atomic E-state index is 14.5. The number of halogens is 1. The Kier molecular flexibility index (Phi) is 5.41. The van der Waals surface area contributed by atoms with Gasteiger partial charge >= 0.3 is 0 Å². The van der Waals surface area contributed by atoms with Crippen LogP contribution in [-0.2, 0) is 16.4 Å². The molecule has 1 aliphatic heterocycles. The van der Waals surface area contributed by atoms with E-state index in [1.165, 1.54) is 17.5 Å². The quantitative estimate of drug-likeness (QED) is 0.647. The molecule has 0 spiro atoms. The van der Waals surface area contributed by atoms with Crippen LogP contribution in [0.1, 0.15) is 21.5 Å². The van der Waals surface area contributed by atoms with Crippen molar-refractivity contribution < 1.29 is 22.3 Å². The second kappa shape index (κ2) is 8.03. The van der Waals surface area contributed by atoms with Gasteiger partial charge < -0.3 is 10.1 Å². The molecule has 6 nitrogen and oxygen atoms in total. The maximum atomic E-state index is 14.5. The number of sulfonamides is 1. The van der Waals surface area contributed by atoms with Gasteiger partial charge in [0.15, 0.2) is 0 Å². The number of carbonyl (C=O) groups excluding carboxylic acids is 1. The van der Waals surface area contributed by atoms with E-state index in [2.05, 4.69) is 5.32 Å². The van der Waals surface area contributed by atoms with Crippen molar-refractivity contribution in [3.05, 3.63) is 83.2 Å². The van der Waals surface area contributed by atoms with Crippen molar-refractivity contribution in [2.45, 2.75) is 18.2 Å². The fraction of sp³-hybridized carbons (Fsp3) is 0.174. The summed E-state index contributed by atoms with van der Waals surface area (Å²) in [6.45, 7) is 2.14. The van der Waals surface area contributed by atoms with Gasteiger partial charge in [0.05, 0.1) is 28.9 Å². The van der Waals surface area contributed by atoms with Crippen molar-refractivity contribution in [2.75, 3.05) is 23.3 Å². The maximum Gasteiger partial charge on any atom is 0.264 e. The van der Waals surface area contributed by atoms with Gasteiger partial charge in [-0.3, -0.25) is 9.10 Å². The lowest BCUT2D eigenvalue weighted by atomic mass is 10.1. The summed E-state index contributed by atoms with van der Waals surface area (Å²) < 4.78 is 47.5. The Bertz CT molecular complexity index is 1270. The zero-order valence-electron chi connectivity index (χ0n) is 17.1. The number of nitrogens with one attached hydrogen (secondary N) is 1. The van der Waals surface area contributed by atoms with Crippen LogP contribution in [0.4, 0.5) is 15.8 Å². The molecular weight excluding hydrogens is 419 g/mol. The molecule has 1 aliphatic rings. The molecule has 0 aliphatic carbocycles. The first-order valence-electron chi connectivity index (χ1n) is 9.67. The fourth-order valence-corrected chi connectivity index (χ4v) is 5.16. The number of carbonyl (C=O) groups is 1. The number of para-hydroxylation sites is 1. The van der Waals surface area contributed by atoms with E-state index in [4.69, 9.17) is 4.74 Å². The first-order chi connectivity index (χ1) is 14.8. The molecular formula is C23H21FN2O4S. The predicted molar refractivity (Wildman–Crippen MR) is 117 cm³/mol. The summed E-state index contributed by atoms with van der Waals surface area (Å²) in [7, 11) is -2.50. The van der Waals surface area contributed by atoms with E-state index in [1.54, 1.807) is 24.3 Å². The van der Waals surface area contributed by atoms with E-state index in [0.29, 0.717) is 30.1 Å². The summed E-state index contributed by atoms with van der Waals surface area (Å²) in [6, 6.07) is 15.7. The van der Waals surface area contributed by atoms with Gasteiger partial charge in [-0.25, -0.2) is 12.8 Å². The van der Waals surface area contributed by atoms with Crippen molar-refractivity contribution >= 4 is 27.3 Å². The number of hydrogen-bond acceptors (Lipinski definition) is 4. The first-order valence-corrected chi connectivity index (χ1v) is 11.1. The monoisotopic (exact) mass is 440 g/mol. The Labute approximate surface area is 180 Å². The van der Waals surface area contributed by atoms with Crippen LogP contribution in [0.3, 0.4) is 0 Å². The highest BCUT2D eigenvalue weighted by molar-refractivity contribution is 7.92. The van der Waals surface area contributed by atoms with Gasteiger partial charge in [0.2, 0.25) is 0 Å². The van der Waals surface area contributed by atoms with Crippen molar-refractivity contribution in [3.8, 4) is 5.75 Å². The molecule has 0 saturated heterocycles. The summed E-state index contributed by atoms with van der Waals surface area (Å²) in [5.41, 5.74) is 2.41. The second-order valence-electron chi connectivity index (χ2n) is 7.26. The number of nitrogens with zero attached hydrogens (tertiary/aromatic N) is 1. The Morgan fingerprint density at radius 3 is 2.65 bits per heavy atom. The van der Waals surface area contributed by atoms with Crippen LogP contribution in [-0.4, -0.2) is 28.0 Å². The summed E-state index contributed by atoms with van der Waals surface area (Å²) in [5, 5.41) is 2.61. The molecule has 0 radical (unpaired) electrons. The van der Waals surface area contributed by atoms with Gasteiger partial charge in [-0.05, 0) is 60.9 Å². The summed E-state index contributed by atoms with van der Waals surface area (Å²) in [4.78, 5) is 12.7. The molecule has 160 valence electrons. The number of anilines is 2. The summed E-state index contributed by atoms with van der Waals surface area (Å²) in [5.74, 6) is -1.16. The highest BCUT2D eigenvalue weighted by Gasteiger charge is 2.31. The highest BCUT2D eigenvalue weighted by Crippen LogP contribution is 2.33. The molecule has 1 N–H and O–H groups in total. The number of ether oxygens (including phenoxy) is 1. The van der Waals surface area contributed by atoms with Gasteiger partial charge in [0.25, 0.3) is 15.9 Å². The van der Waals surface area contributed by atoms with Crippen LogP contribution in [0.25, 0.3) is 0 Å². The highest BCUT2D eigenvalue weighted by atomic mass is 32.2. The van der Waals surface area contributed by atoms with Crippen LogP contribution in [0.15, 0.2) is 65.6 Å². The molecule has 4 rings (SSSR count). The van der Waals surface area contributed by atoms with Crippen LogP contribution in [0.2, 0.25) is 0 Å². The SMILES string of the molecule is COc1ccc(C)cc1NC(=O)c1cc(S(=O)(=O)N2CCc3ccccc32)ccc1F. The van der Waals surface area contributed by atoms with Crippen molar-refractivity contribution in [3.63, 3.8) is 0 Å².